The minimum atomic E-state index is -0.858. The van der Waals surface area contributed by atoms with Crippen molar-refractivity contribution in [3.8, 4) is 5.75 Å². The van der Waals surface area contributed by atoms with Crippen molar-refractivity contribution in [3.63, 3.8) is 0 Å². The van der Waals surface area contributed by atoms with Crippen LogP contribution >= 0.6 is 0 Å². The number of ether oxygens (including phenoxy) is 1. The van der Waals surface area contributed by atoms with E-state index in [2.05, 4.69) is 15.6 Å². The Labute approximate surface area is 162 Å². The number of imide groups is 1. The summed E-state index contributed by atoms with van der Waals surface area (Å²) in [6.45, 7) is 0.539. The van der Waals surface area contributed by atoms with Crippen molar-refractivity contribution in [1.82, 2.24) is 20.5 Å². The summed E-state index contributed by atoms with van der Waals surface area (Å²) < 4.78 is 5.26. The lowest BCUT2D eigenvalue weighted by atomic mass is 10.1. The molecule has 0 bridgehead atoms. The molecule has 4 amide bonds. The highest BCUT2D eigenvalue weighted by Gasteiger charge is 2.39. The zero-order valence-electron chi connectivity index (χ0n) is 15.6. The number of rotatable bonds is 8. The van der Waals surface area contributed by atoms with Crippen molar-refractivity contribution >= 4 is 17.8 Å². The molecular formula is C20H22N4O4. The van der Waals surface area contributed by atoms with Crippen LogP contribution in [0.25, 0.3) is 0 Å². The fraction of sp³-hybridized carbons (Fsp3) is 0.300. The van der Waals surface area contributed by atoms with Gasteiger partial charge in [0.25, 0.3) is 5.91 Å². The first-order chi connectivity index (χ1) is 13.6. The van der Waals surface area contributed by atoms with Crippen molar-refractivity contribution in [3.05, 3.63) is 59.9 Å². The maximum absolute atomic E-state index is 12.6. The monoisotopic (exact) mass is 382 g/mol. The van der Waals surface area contributed by atoms with Gasteiger partial charge in [-0.1, -0.05) is 18.2 Å². The normalized spacial score (nSPS) is 16.0. The lowest BCUT2D eigenvalue weighted by Crippen LogP contribution is -2.37. The Kier molecular flexibility index (Phi) is 6.21. The summed E-state index contributed by atoms with van der Waals surface area (Å²) in [6, 6.07) is 9.57. The van der Waals surface area contributed by atoms with Gasteiger partial charge in [-0.2, -0.15) is 0 Å². The van der Waals surface area contributed by atoms with Crippen LogP contribution in [-0.4, -0.2) is 47.4 Å². The molecule has 1 aromatic carbocycles. The number of benzene rings is 1. The van der Waals surface area contributed by atoms with Gasteiger partial charge in [-0.05, 0) is 30.2 Å². The summed E-state index contributed by atoms with van der Waals surface area (Å²) in [4.78, 5) is 41.9. The summed E-state index contributed by atoms with van der Waals surface area (Å²) in [5.74, 6) is -0.104. The number of methoxy groups -OCH3 is 1. The smallest absolute Gasteiger partial charge is 0.325 e. The molecule has 1 aliphatic heterocycles. The minimum Gasteiger partial charge on any atom is -0.496 e. The molecule has 1 aliphatic rings. The molecule has 1 unspecified atom stereocenters. The fourth-order valence-corrected chi connectivity index (χ4v) is 3.02. The van der Waals surface area contributed by atoms with Gasteiger partial charge in [-0.25, -0.2) is 4.79 Å². The van der Waals surface area contributed by atoms with Gasteiger partial charge in [0, 0.05) is 24.5 Å². The lowest BCUT2D eigenvalue weighted by Gasteiger charge is -2.15. The van der Waals surface area contributed by atoms with Crippen LogP contribution in [0.2, 0.25) is 0 Å². The van der Waals surface area contributed by atoms with Gasteiger partial charge in [0.05, 0.1) is 20.1 Å². The number of urea groups is 1. The Morgan fingerprint density at radius 1 is 1.21 bits per heavy atom. The standard InChI is InChI=1S/C20H22N4O4/c1-28-17-5-3-2-4-15(17)13-24-19(26)16(23-20(24)27)12-18(25)22-11-8-14-6-9-21-10-7-14/h2-7,9-10,16H,8,11-13H2,1H3,(H,22,25)(H,23,27). The molecule has 2 N–H and O–H groups in total. The van der Waals surface area contributed by atoms with Crippen LogP contribution in [0.1, 0.15) is 17.5 Å². The largest absolute Gasteiger partial charge is 0.496 e. The van der Waals surface area contributed by atoms with Crippen LogP contribution in [0.5, 0.6) is 5.75 Å². The number of para-hydroxylation sites is 1. The molecule has 8 nitrogen and oxygen atoms in total. The average Bonchev–Trinajstić information content (AvgIpc) is 2.96. The highest BCUT2D eigenvalue weighted by atomic mass is 16.5. The van der Waals surface area contributed by atoms with E-state index in [4.69, 9.17) is 4.74 Å². The van der Waals surface area contributed by atoms with Gasteiger partial charge in [0.2, 0.25) is 5.91 Å². The van der Waals surface area contributed by atoms with Gasteiger partial charge >= 0.3 is 6.03 Å². The van der Waals surface area contributed by atoms with Crippen molar-refractivity contribution in [2.45, 2.75) is 25.4 Å². The molecule has 28 heavy (non-hydrogen) atoms. The number of nitrogens with zero attached hydrogens (tertiary/aromatic N) is 2. The molecule has 2 heterocycles. The maximum atomic E-state index is 12.6. The Morgan fingerprint density at radius 3 is 2.71 bits per heavy atom. The zero-order chi connectivity index (χ0) is 19.9. The van der Waals surface area contributed by atoms with E-state index in [0.29, 0.717) is 18.7 Å². The molecule has 0 radical (unpaired) electrons. The lowest BCUT2D eigenvalue weighted by molar-refractivity contribution is -0.131. The molecule has 1 fully saturated rings. The number of pyridine rings is 1. The number of nitrogens with one attached hydrogen (secondary N) is 2. The minimum absolute atomic E-state index is 0.0921. The van der Waals surface area contributed by atoms with Crippen molar-refractivity contribution < 1.29 is 19.1 Å². The zero-order valence-corrected chi connectivity index (χ0v) is 15.6. The highest BCUT2D eigenvalue weighted by Crippen LogP contribution is 2.21. The van der Waals surface area contributed by atoms with E-state index in [-0.39, 0.29) is 18.9 Å². The summed E-state index contributed by atoms with van der Waals surface area (Å²) in [6.07, 6.45) is 3.96. The molecule has 8 heteroatoms. The molecule has 146 valence electrons. The first-order valence-electron chi connectivity index (χ1n) is 8.98. The quantitative estimate of drug-likeness (QED) is 0.670. The van der Waals surface area contributed by atoms with Crippen LogP contribution in [-0.2, 0) is 22.6 Å². The van der Waals surface area contributed by atoms with Crippen molar-refractivity contribution in [2.24, 2.45) is 0 Å². The number of aromatic nitrogens is 1. The number of hydrogen-bond acceptors (Lipinski definition) is 5. The second-order valence-corrected chi connectivity index (χ2v) is 6.40. The van der Waals surface area contributed by atoms with Crippen molar-refractivity contribution in [1.29, 1.82) is 0 Å². The Balaban J connectivity index is 1.52. The van der Waals surface area contributed by atoms with Gasteiger partial charge in [0.15, 0.2) is 0 Å². The fourth-order valence-electron chi connectivity index (χ4n) is 3.02. The Hall–Kier alpha value is -3.42. The van der Waals surface area contributed by atoms with E-state index in [1.165, 1.54) is 7.11 Å². The van der Waals surface area contributed by atoms with Gasteiger partial charge in [0.1, 0.15) is 11.8 Å². The SMILES string of the molecule is COc1ccccc1CN1C(=O)NC(CC(=O)NCCc2ccncc2)C1=O. The third-order valence-electron chi connectivity index (χ3n) is 4.50. The summed E-state index contributed by atoms with van der Waals surface area (Å²) in [7, 11) is 1.53. The molecule has 0 spiro atoms. The van der Waals surface area contributed by atoms with Crippen LogP contribution in [0.4, 0.5) is 4.79 Å². The number of hydrogen-bond donors (Lipinski definition) is 2. The van der Waals surface area contributed by atoms with Crippen LogP contribution < -0.4 is 15.4 Å². The van der Waals surface area contributed by atoms with E-state index in [0.717, 1.165) is 16.0 Å². The van der Waals surface area contributed by atoms with Crippen LogP contribution in [0.15, 0.2) is 48.8 Å². The predicted molar refractivity (Wildman–Crippen MR) is 101 cm³/mol. The van der Waals surface area contributed by atoms with Crippen LogP contribution in [0, 0.1) is 0 Å². The van der Waals surface area contributed by atoms with E-state index < -0.39 is 18.0 Å². The van der Waals surface area contributed by atoms with E-state index in [1.807, 2.05) is 24.3 Å². The summed E-state index contributed by atoms with van der Waals surface area (Å²) in [5, 5.41) is 5.35. The first kappa shape index (κ1) is 19.3. The number of amides is 4. The summed E-state index contributed by atoms with van der Waals surface area (Å²) >= 11 is 0. The van der Waals surface area contributed by atoms with Gasteiger partial charge in [-0.15, -0.1) is 0 Å². The Morgan fingerprint density at radius 2 is 1.96 bits per heavy atom. The molecule has 1 saturated heterocycles. The topological polar surface area (TPSA) is 101 Å². The molecule has 1 aromatic heterocycles. The predicted octanol–water partition coefficient (Wildman–Crippen LogP) is 1.26. The van der Waals surface area contributed by atoms with E-state index in [9.17, 15) is 14.4 Å². The molecule has 3 rings (SSSR count). The second kappa shape index (κ2) is 8.98. The first-order valence-corrected chi connectivity index (χ1v) is 8.98. The number of carbonyl (C=O) groups excluding carboxylic acids is 3. The molecular weight excluding hydrogens is 360 g/mol. The van der Waals surface area contributed by atoms with E-state index >= 15 is 0 Å². The number of carbonyl (C=O) groups is 3. The molecule has 2 aromatic rings. The molecule has 1 atom stereocenters. The van der Waals surface area contributed by atoms with Gasteiger partial charge in [-0.3, -0.25) is 19.5 Å². The third-order valence-corrected chi connectivity index (χ3v) is 4.50. The van der Waals surface area contributed by atoms with E-state index in [1.54, 1.807) is 24.5 Å². The van der Waals surface area contributed by atoms with Gasteiger partial charge < -0.3 is 15.4 Å². The van der Waals surface area contributed by atoms with Crippen LogP contribution in [0.3, 0.4) is 0 Å². The highest BCUT2D eigenvalue weighted by molar-refractivity contribution is 6.05. The maximum Gasteiger partial charge on any atom is 0.325 e. The summed E-state index contributed by atoms with van der Waals surface area (Å²) in [5.41, 5.74) is 1.78. The molecule has 0 aliphatic carbocycles. The Bertz CT molecular complexity index is 856. The van der Waals surface area contributed by atoms with Crippen molar-refractivity contribution in [2.75, 3.05) is 13.7 Å². The third kappa shape index (κ3) is 4.64. The molecule has 0 saturated carbocycles. The average molecular weight is 382 g/mol. The second-order valence-electron chi connectivity index (χ2n) is 6.40.